The maximum absolute atomic E-state index is 11.7. The first-order chi connectivity index (χ1) is 8.75. The van der Waals surface area contributed by atoms with E-state index in [9.17, 15) is 14.9 Å². The van der Waals surface area contributed by atoms with Gasteiger partial charge in [0.1, 0.15) is 0 Å². The average molecular weight is 287 g/mol. The molecular weight excluding hydrogens is 272 g/mol. The minimum Gasteiger partial charge on any atom is -0.394 e. The first-order valence-electron chi connectivity index (χ1n) is 5.60. The highest BCUT2D eigenvalue weighted by Crippen LogP contribution is 2.22. The molecule has 1 amide bonds. The Morgan fingerprint density at radius 1 is 1.53 bits per heavy atom. The van der Waals surface area contributed by atoms with Gasteiger partial charge in [0.2, 0.25) is 5.91 Å². The molecule has 0 heterocycles. The number of hydrogen-bond acceptors (Lipinski definition) is 4. The number of benzene rings is 1. The lowest BCUT2D eigenvalue weighted by molar-refractivity contribution is -0.384. The van der Waals surface area contributed by atoms with Crippen LogP contribution in [0.25, 0.3) is 0 Å². The zero-order chi connectivity index (χ0) is 14.6. The monoisotopic (exact) mass is 286 g/mol. The van der Waals surface area contributed by atoms with E-state index in [1.807, 2.05) is 0 Å². The number of nitro benzene ring substituents is 1. The highest BCUT2D eigenvalue weighted by Gasteiger charge is 2.20. The van der Waals surface area contributed by atoms with E-state index >= 15 is 0 Å². The first kappa shape index (κ1) is 15.4. The molecule has 0 saturated heterocycles. The van der Waals surface area contributed by atoms with Crippen LogP contribution in [-0.4, -0.2) is 28.1 Å². The summed E-state index contributed by atoms with van der Waals surface area (Å²) < 4.78 is 0. The fraction of sp³-hybridized carbons (Fsp3) is 0.417. The third-order valence-electron chi connectivity index (χ3n) is 2.47. The minimum absolute atomic E-state index is 0.000256. The number of carbonyl (C=O) groups is 1. The molecule has 0 bridgehead atoms. The maximum atomic E-state index is 11.7. The van der Waals surface area contributed by atoms with Crippen LogP contribution in [0.5, 0.6) is 0 Å². The van der Waals surface area contributed by atoms with Crippen molar-refractivity contribution in [1.82, 2.24) is 5.32 Å². The molecule has 0 aliphatic rings. The fourth-order valence-electron chi connectivity index (χ4n) is 1.43. The van der Waals surface area contributed by atoms with Crippen LogP contribution in [0.15, 0.2) is 18.2 Å². The van der Waals surface area contributed by atoms with E-state index in [1.54, 1.807) is 13.8 Å². The van der Waals surface area contributed by atoms with Crippen molar-refractivity contribution in [3.05, 3.63) is 38.9 Å². The fourth-order valence-corrected chi connectivity index (χ4v) is 1.67. The third-order valence-corrected chi connectivity index (χ3v) is 2.82. The Bertz CT molecular complexity index is 503. The summed E-state index contributed by atoms with van der Waals surface area (Å²) in [7, 11) is 0. The number of amides is 1. The SMILES string of the molecule is CC(C)(CO)NC(=O)Cc1ccc([N+](=O)[O-])cc1Cl. The highest BCUT2D eigenvalue weighted by atomic mass is 35.5. The molecular formula is C12H15ClN2O4. The predicted octanol–water partition coefficient (Wildman–Crippen LogP) is 1.68. The molecule has 1 rings (SSSR count). The van der Waals surface area contributed by atoms with E-state index in [0.29, 0.717) is 5.56 Å². The summed E-state index contributed by atoms with van der Waals surface area (Å²) in [5.74, 6) is -0.310. The van der Waals surface area contributed by atoms with Crippen LogP contribution in [-0.2, 0) is 11.2 Å². The van der Waals surface area contributed by atoms with Gasteiger partial charge in [-0.05, 0) is 19.4 Å². The largest absolute Gasteiger partial charge is 0.394 e. The minimum atomic E-state index is -0.718. The van der Waals surface area contributed by atoms with Gasteiger partial charge in [0.05, 0.1) is 28.5 Å². The van der Waals surface area contributed by atoms with Crippen molar-refractivity contribution < 1.29 is 14.8 Å². The topological polar surface area (TPSA) is 92.5 Å². The Labute approximate surface area is 115 Å². The van der Waals surface area contributed by atoms with Crippen molar-refractivity contribution in [1.29, 1.82) is 0 Å². The second-order valence-electron chi connectivity index (χ2n) is 4.80. The molecule has 1 aromatic carbocycles. The van der Waals surface area contributed by atoms with Gasteiger partial charge < -0.3 is 10.4 Å². The summed E-state index contributed by atoms with van der Waals surface area (Å²) >= 11 is 5.89. The lowest BCUT2D eigenvalue weighted by atomic mass is 10.1. The summed E-state index contributed by atoms with van der Waals surface area (Å²) in [4.78, 5) is 21.7. The quantitative estimate of drug-likeness (QED) is 0.636. The van der Waals surface area contributed by atoms with Gasteiger partial charge in [-0.1, -0.05) is 17.7 Å². The molecule has 0 aromatic heterocycles. The molecule has 0 aliphatic carbocycles. The third kappa shape index (κ3) is 4.50. The standard InChI is InChI=1S/C12H15ClN2O4/c1-12(2,7-16)14-11(17)5-8-3-4-9(15(18)19)6-10(8)13/h3-4,6,16H,5,7H2,1-2H3,(H,14,17). The molecule has 0 aliphatic heterocycles. The number of nitrogens with zero attached hydrogens (tertiary/aromatic N) is 1. The predicted molar refractivity (Wildman–Crippen MR) is 71.1 cm³/mol. The first-order valence-corrected chi connectivity index (χ1v) is 5.97. The zero-order valence-electron chi connectivity index (χ0n) is 10.6. The smallest absolute Gasteiger partial charge is 0.270 e. The molecule has 19 heavy (non-hydrogen) atoms. The number of nitrogens with one attached hydrogen (secondary N) is 1. The van der Waals surface area contributed by atoms with Gasteiger partial charge in [0, 0.05) is 12.1 Å². The van der Waals surface area contributed by atoms with E-state index in [4.69, 9.17) is 16.7 Å². The molecule has 7 heteroatoms. The molecule has 6 nitrogen and oxygen atoms in total. The number of halogens is 1. The molecule has 0 saturated carbocycles. The van der Waals surface area contributed by atoms with E-state index in [1.165, 1.54) is 18.2 Å². The summed E-state index contributed by atoms with van der Waals surface area (Å²) in [5.41, 5.74) is -0.340. The molecule has 0 radical (unpaired) electrons. The molecule has 0 spiro atoms. The highest BCUT2D eigenvalue weighted by molar-refractivity contribution is 6.31. The van der Waals surface area contributed by atoms with Crippen LogP contribution < -0.4 is 5.32 Å². The van der Waals surface area contributed by atoms with Crippen molar-refractivity contribution >= 4 is 23.2 Å². The number of aliphatic hydroxyl groups is 1. The molecule has 0 fully saturated rings. The summed E-state index contributed by atoms with van der Waals surface area (Å²) in [5, 5.41) is 22.4. The Kier molecular flexibility index (Phi) is 4.85. The Balaban J connectivity index is 2.78. The van der Waals surface area contributed by atoms with Crippen molar-refractivity contribution in [2.24, 2.45) is 0 Å². The normalized spacial score (nSPS) is 11.2. The Morgan fingerprint density at radius 3 is 2.63 bits per heavy atom. The number of aliphatic hydroxyl groups excluding tert-OH is 1. The molecule has 104 valence electrons. The summed E-state index contributed by atoms with van der Waals surface area (Å²) in [6.45, 7) is 3.18. The lowest BCUT2D eigenvalue weighted by Gasteiger charge is -2.23. The van der Waals surface area contributed by atoms with E-state index < -0.39 is 10.5 Å². The molecule has 2 N–H and O–H groups in total. The lowest BCUT2D eigenvalue weighted by Crippen LogP contribution is -2.46. The van der Waals surface area contributed by atoms with Crippen molar-refractivity contribution in [3.8, 4) is 0 Å². The van der Waals surface area contributed by atoms with Crippen molar-refractivity contribution in [2.75, 3.05) is 6.61 Å². The van der Waals surface area contributed by atoms with E-state index in [-0.39, 0.29) is 29.6 Å². The molecule has 0 unspecified atom stereocenters. The van der Waals surface area contributed by atoms with Crippen LogP contribution in [0.3, 0.4) is 0 Å². The number of non-ortho nitro benzene ring substituents is 1. The van der Waals surface area contributed by atoms with Gasteiger partial charge in [-0.2, -0.15) is 0 Å². The number of carbonyl (C=O) groups excluding carboxylic acids is 1. The number of rotatable bonds is 5. The summed E-state index contributed by atoms with van der Waals surface area (Å²) in [6.07, 6.45) is 0.000256. The Hall–Kier alpha value is -1.66. The van der Waals surface area contributed by atoms with Crippen LogP contribution in [0.4, 0.5) is 5.69 Å². The molecule has 0 atom stereocenters. The zero-order valence-corrected chi connectivity index (χ0v) is 11.4. The Morgan fingerprint density at radius 2 is 2.16 bits per heavy atom. The van der Waals surface area contributed by atoms with Gasteiger partial charge in [-0.3, -0.25) is 14.9 Å². The van der Waals surface area contributed by atoms with Crippen molar-refractivity contribution in [2.45, 2.75) is 25.8 Å². The van der Waals surface area contributed by atoms with Gasteiger partial charge >= 0.3 is 0 Å². The van der Waals surface area contributed by atoms with Crippen LogP contribution in [0, 0.1) is 10.1 Å². The van der Waals surface area contributed by atoms with Crippen LogP contribution in [0.1, 0.15) is 19.4 Å². The van der Waals surface area contributed by atoms with Gasteiger partial charge in [0.25, 0.3) is 5.69 Å². The average Bonchev–Trinajstić information content (AvgIpc) is 2.30. The van der Waals surface area contributed by atoms with E-state index in [2.05, 4.69) is 5.32 Å². The van der Waals surface area contributed by atoms with Crippen LogP contribution >= 0.6 is 11.6 Å². The van der Waals surface area contributed by atoms with Crippen LogP contribution in [0.2, 0.25) is 5.02 Å². The van der Waals surface area contributed by atoms with E-state index in [0.717, 1.165) is 0 Å². The molecule has 1 aromatic rings. The van der Waals surface area contributed by atoms with Crippen molar-refractivity contribution in [3.63, 3.8) is 0 Å². The maximum Gasteiger partial charge on any atom is 0.270 e. The second kappa shape index (κ2) is 5.99. The van der Waals surface area contributed by atoms with Gasteiger partial charge in [-0.25, -0.2) is 0 Å². The summed E-state index contributed by atoms with van der Waals surface area (Å²) in [6, 6.07) is 3.96. The number of hydrogen-bond donors (Lipinski definition) is 2. The second-order valence-corrected chi connectivity index (χ2v) is 5.21. The number of nitro groups is 1. The van der Waals surface area contributed by atoms with Gasteiger partial charge in [0.15, 0.2) is 0 Å². The van der Waals surface area contributed by atoms with Gasteiger partial charge in [-0.15, -0.1) is 0 Å².